The Morgan fingerprint density at radius 1 is 0.792 bits per heavy atom. The molecular weight excluding hydrogens is 303 g/mol. The molecule has 1 amide bonds. The molecule has 0 saturated heterocycles. The second kappa shape index (κ2) is 7.42. The van der Waals surface area contributed by atoms with Gasteiger partial charge in [-0.25, -0.2) is 4.39 Å². The molecule has 4 heteroatoms. The minimum atomic E-state index is -0.378. The summed E-state index contributed by atoms with van der Waals surface area (Å²) in [6.07, 6.45) is 0. The number of amides is 1. The lowest BCUT2D eigenvalue weighted by Crippen LogP contribution is -2.21. The number of carbonyl (C=O) groups excluding carboxylic acids is 1. The first-order chi connectivity index (χ1) is 11.7. The molecule has 3 rings (SSSR count). The Balaban J connectivity index is 1.56. The summed E-state index contributed by atoms with van der Waals surface area (Å²) in [7, 11) is 0. The van der Waals surface area contributed by atoms with Crippen molar-refractivity contribution in [3.8, 4) is 11.1 Å². The Labute approximate surface area is 140 Å². The summed E-state index contributed by atoms with van der Waals surface area (Å²) in [5.74, 6) is -0.606. The lowest BCUT2D eigenvalue weighted by molar-refractivity contribution is -0.114. The highest BCUT2D eigenvalue weighted by atomic mass is 19.1. The van der Waals surface area contributed by atoms with Gasteiger partial charge in [0.05, 0.1) is 6.54 Å². The number of halogens is 1. The van der Waals surface area contributed by atoms with Crippen molar-refractivity contribution in [2.45, 2.75) is 0 Å². The van der Waals surface area contributed by atoms with Gasteiger partial charge in [0, 0.05) is 11.4 Å². The van der Waals surface area contributed by atoms with Crippen LogP contribution >= 0.6 is 0 Å². The second-order valence-electron chi connectivity index (χ2n) is 5.36. The fraction of sp³-hybridized carbons (Fsp3) is 0.0500. The molecular formula is C20H17FN2O. The number of rotatable bonds is 5. The minimum absolute atomic E-state index is 0.112. The smallest absolute Gasteiger partial charge is 0.243 e. The monoisotopic (exact) mass is 320 g/mol. The van der Waals surface area contributed by atoms with Gasteiger partial charge in [-0.05, 0) is 41.5 Å². The van der Waals surface area contributed by atoms with E-state index in [1.807, 2.05) is 42.5 Å². The van der Waals surface area contributed by atoms with Crippen molar-refractivity contribution < 1.29 is 9.18 Å². The first-order valence-electron chi connectivity index (χ1n) is 7.65. The molecule has 0 aliphatic rings. The summed E-state index contributed by atoms with van der Waals surface area (Å²) in [4.78, 5) is 11.9. The number of hydrogen-bond donors (Lipinski definition) is 2. The van der Waals surface area contributed by atoms with E-state index >= 15 is 0 Å². The Kier molecular flexibility index (Phi) is 4.87. The van der Waals surface area contributed by atoms with Gasteiger partial charge in [0.2, 0.25) is 5.91 Å². The molecule has 0 aromatic heterocycles. The maximum absolute atomic E-state index is 13.1. The molecule has 2 N–H and O–H groups in total. The van der Waals surface area contributed by atoms with E-state index in [1.165, 1.54) is 12.1 Å². The van der Waals surface area contributed by atoms with Gasteiger partial charge in [-0.15, -0.1) is 0 Å². The van der Waals surface area contributed by atoms with Crippen LogP contribution in [0.2, 0.25) is 0 Å². The van der Waals surface area contributed by atoms with Crippen molar-refractivity contribution in [3.63, 3.8) is 0 Å². The Morgan fingerprint density at radius 2 is 1.50 bits per heavy atom. The van der Waals surface area contributed by atoms with Crippen LogP contribution in [0.5, 0.6) is 0 Å². The van der Waals surface area contributed by atoms with Crippen LogP contribution in [-0.2, 0) is 4.79 Å². The average molecular weight is 320 g/mol. The minimum Gasteiger partial charge on any atom is -0.376 e. The molecule has 0 spiro atoms. The van der Waals surface area contributed by atoms with Gasteiger partial charge in [0.15, 0.2) is 0 Å². The van der Waals surface area contributed by atoms with Crippen molar-refractivity contribution in [1.29, 1.82) is 0 Å². The molecule has 0 heterocycles. The van der Waals surface area contributed by atoms with Crippen LogP contribution in [0.25, 0.3) is 11.1 Å². The molecule has 0 aliphatic heterocycles. The van der Waals surface area contributed by atoms with E-state index in [0.717, 1.165) is 16.8 Å². The molecule has 0 fully saturated rings. The van der Waals surface area contributed by atoms with Gasteiger partial charge < -0.3 is 10.6 Å². The van der Waals surface area contributed by atoms with Gasteiger partial charge in [0.25, 0.3) is 0 Å². The summed E-state index contributed by atoms with van der Waals surface area (Å²) in [5.41, 5.74) is 3.56. The van der Waals surface area contributed by atoms with Gasteiger partial charge in [0.1, 0.15) is 5.82 Å². The number of hydrogen-bond acceptors (Lipinski definition) is 2. The molecule has 3 nitrogen and oxygen atoms in total. The van der Waals surface area contributed by atoms with E-state index in [-0.39, 0.29) is 18.3 Å². The summed E-state index contributed by atoms with van der Waals surface area (Å²) < 4.78 is 13.1. The van der Waals surface area contributed by atoms with Crippen LogP contribution in [0.1, 0.15) is 0 Å². The first kappa shape index (κ1) is 15.7. The van der Waals surface area contributed by atoms with E-state index in [1.54, 1.807) is 12.1 Å². The van der Waals surface area contributed by atoms with E-state index in [4.69, 9.17) is 0 Å². The highest BCUT2D eigenvalue weighted by Crippen LogP contribution is 2.20. The van der Waals surface area contributed by atoms with Crippen LogP contribution in [0.15, 0.2) is 78.9 Å². The van der Waals surface area contributed by atoms with Crippen LogP contribution < -0.4 is 10.6 Å². The summed E-state index contributed by atoms with van der Waals surface area (Å²) in [5, 5.41) is 5.70. The zero-order valence-corrected chi connectivity index (χ0v) is 13.0. The van der Waals surface area contributed by atoms with E-state index in [2.05, 4.69) is 22.8 Å². The van der Waals surface area contributed by atoms with E-state index in [9.17, 15) is 9.18 Å². The molecule has 0 saturated carbocycles. The second-order valence-corrected chi connectivity index (χ2v) is 5.36. The summed E-state index contributed by atoms with van der Waals surface area (Å²) >= 11 is 0. The molecule has 3 aromatic rings. The molecule has 0 bridgehead atoms. The highest BCUT2D eigenvalue weighted by Gasteiger charge is 2.03. The molecule has 120 valence electrons. The molecule has 0 radical (unpaired) electrons. The molecule has 0 atom stereocenters. The molecule has 0 unspecified atom stereocenters. The number of nitrogens with one attached hydrogen (secondary N) is 2. The highest BCUT2D eigenvalue weighted by molar-refractivity contribution is 5.93. The predicted molar refractivity (Wildman–Crippen MR) is 95.4 cm³/mol. The lowest BCUT2D eigenvalue weighted by Gasteiger charge is -2.09. The van der Waals surface area contributed by atoms with Crippen molar-refractivity contribution in [3.05, 3.63) is 84.7 Å². The van der Waals surface area contributed by atoms with Crippen molar-refractivity contribution in [2.75, 3.05) is 17.2 Å². The number of benzene rings is 3. The molecule has 24 heavy (non-hydrogen) atoms. The third-order valence-corrected chi connectivity index (χ3v) is 3.55. The average Bonchev–Trinajstić information content (AvgIpc) is 2.61. The van der Waals surface area contributed by atoms with Crippen molar-refractivity contribution in [2.24, 2.45) is 0 Å². The lowest BCUT2D eigenvalue weighted by atomic mass is 10.1. The van der Waals surface area contributed by atoms with E-state index < -0.39 is 0 Å². The van der Waals surface area contributed by atoms with Gasteiger partial charge in [-0.1, -0.05) is 48.5 Å². The third-order valence-electron chi connectivity index (χ3n) is 3.55. The zero-order chi connectivity index (χ0) is 16.8. The van der Waals surface area contributed by atoms with Crippen molar-refractivity contribution in [1.82, 2.24) is 0 Å². The Morgan fingerprint density at radius 3 is 2.21 bits per heavy atom. The maximum Gasteiger partial charge on any atom is 0.243 e. The fourth-order valence-corrected chi connectivity index (χ4v) is 2.36. The van der Waals surface area contributed by atoms with Crippen LogP contribution in [0, 0.1) is 5.82 Å². The quantitative estimate of drug-likeness (QED) is 0.724. The maximum atomic E-state index is 13.1. The Hall–Kier alpha value is -3.14. The van der Waals surface area contributed by atoms with Gasteiger partial charge in [-0.2, -0.15) is 0 Å². The van der Waals surface area contributed by atoms with E-state index in [0.29, 0.717) is 5.69 Å². The summed E-state index contributed by atoms with van der Waals surface area (Å²) in [6, 6.07) is 23.8. The zero-order valence-electron chi connectivity index (χ0n) is 13.0. The SMILES string of the molecule is O=C(CNc1ccc(-c2ccccc2)cc1)Nc1cccc(F)c1. The number of carbonyl (C=O) groups is 1. The van der Waals surface area contributed by atoms with Gasteiger partial charge in [-0.3, -0.25) is 4.79 Å². The van der Waals surface area contributed by atoms with Crippen LogP contribution in [-0.4, -0.2) is 12.5 Å². The van der Waals surface area contributed by atoms with Crippen LogP contribution in [0.3, 0.4) is 0 Å². The normalized spacial score (nSPS) is 10.2. The molecule has 0 aliphatic carbocycles. The standard InChI is InChI=1S/C20H17FN2O/c21-17-7-4-8-19(13-17)23-20(24)14-22-18-11-9-16(10-12-18)15-5-2-1-3-6-15/h1-13,22H,14H2,(H,23,24). The largest absolute Gasteiger partial charge is 0.376 e. The third kappa shape index (κ3) is 4.20. The molecule has 3 aromatic carbocycles. The summed E-state index contributed by atoms with van der Waals surface area (Å²) in [6.45, 7) is 0.112. The first-order valence-corrected chi connectivity index (χ1v) is 7.65. The fourth-order valence-electron chi connectivity index (χ4n) is 2.36. The Bertz CT molecular complexity index is 817. The topological polar surface area (TPSA) is 41.1 Å². The number of anilines is 2. The van der Waals surface area contributed by atoms with Crippen molar-refractivity contribution >= 4 is 17.3 Å². The predicted octanol–water partition coefficient (Wildman–Crippen LogP) is 4.54. The van der Waals surface area contributed by atoms with Gasteiger partial charge >= 0.3 is 0 Å². The van der Waals surface area contributed by atoms with Crippen LogP contribution in [0.4, 0.5) is 15.8 Å².